The summed E-state index contributed by atoms with van der Waals surface area (Å²) in [5.74, 6) is 0.779. The lowest BCUT2D eigenvalue weighted by Gasteiger charge is -2.18. The Bertz CT molecular complexity index is 455. The van der Waals surface area contributed by atoms with Crippen molar-refractivity contribution in [1.82, 2.24) is 4.90 Å². The van der Waals surface area contributed by atoms with Crippen LogP contribution in [0, 0.1) is 5.92 Å². The third kappa shape index (κ3) is 5.30. The molecule has 0 atom stereocenters. The molecule has 0 aliphatic rings. The van der Waals surface area contributed by atoms with E-state index < -0.39 is 0 Å². The van der Waals surface area contributed by atoms with Crippen LogP contribution < -0.4 is 10.1 Å². The summed E-state index contributed by atoms with van der Waals surface area (Å²) in [7, 11) is 3.22. The third-order valence-electron chi connectivity index (χ3n) is 2.76. The number of ether oxygens (including phenoxy) is 1. The van der Waals surface area contributed by atoms with Crippen molar-refractivity contribution < 1.29 is 14.3 Å². The second-order valence-electron chi connectivity index (χ2n) is 5.12. The maximum absolute atomic E-state index is 11.8. The molecular formula is C15H22N2O3. The van der Waals surface area contributed by atoms with Crippen LogP contribution in [0.4, 0.5) is 5.69 Å². The van der Waals surface area contributed by atoms with Gasteiger partial charge in [0, 0.05) is 19.2 Å². The highest BCUT2D eigenvalue weighted by atomic mass is 16.5. The summed E-state index contributed by atoms with van der Waals surface area (Å²) in [5, 5.41) is 2.74. The molecule has 0 aliphatic heterocycles. The Labute approximate surface area is 119 Å². The number of rotatable bonds is 6. The van der Waals surface area contributed by atoms with E-state index in [0.29, 0.717) is 12.1 Å². The van der Waals surface area contributed by atoms with E-state index in [2.05, 4.69) is 5.32 Å². The molecule has 1 N–H and O–H groups in total. The largest absolute Gasteiger partial charge is 0.497 e. The van der Waals surface area contributed by atoms with E-state index in [1.54, 1.807) is 38.4 Å². The number of likely N-dealkylation sites (N-methyl/N-ethyl adjacent to an activating group) is 1. The summed E-state index contributed by atoms with van der Waals surface area (Å²) in [6.45, 7) is 4.00. The van der Waals surface area contributed by atoms with Gasteiger partial charge in [0.2, 0.25) is 11.8 Å². The van der Waals surface area contributed by atoms with Crippen LogP contribution in [-0.2, 0) is 9.59 Å². The Morgan fingerprint density at radius 3 is 2.35 bits per heavy atom. The van der Waals surface area contributed by atoms with Gasteiger partial charge in [0.05, 0.1) is 13.7 Å². The van der Waals surface area contributed by atoms with Gasteiger partial charge in [-0.2, -0.15) is 0 Å². The molecule has 0 spiro atoms. The van der Waals surface area contributed by atoms with Crippen LogP contribution in [0.3, 0.4) is 0 Å². The first-order valence-corrected chi connectivity index (χ1v) is 6.60. The van der Waals surface area contributed by atoms with Gasteiger partial charge in [0.1, 0.15) is 5.75 Å². The lowest BCUT2D eigenvalue weighted by atomic mass is 10.1. The average molecular weight is 278 g/mol. The van der Waals surface area contributed by atoms with Gasteiger partial charge < -0.3 is 15.0 Å². The zero-order valence-corrected chi connectivity index (χ0v) is 12.5. The molecule has 0 bridgehead atoms. The molecule has 0 aliphatic carbocycles. The number of benzene rings is 1. The molecule has 0 radical (unpaired) electrons. The Morgan fingerprint density at radius 2 is 1.85 bits per heavy atom. The molecule has 20 heavy (non-hydrogen) atoms. The minimum absolute atomic E-state index is 0.0233. The first-order chi connectivity index (χ1) is 9.42. The van der Waals surface area contributed by atoms with Crippen molar-refractivity contribution in [2.45, 2.75) is 20.3 Å². The van der Waals surface area contributed by atoms with E-state index in [4.69, 9.17) is 4.74 Å². The van der Waals surface area contributed by atoms with Crippen molar-refractivity contribution >= 4 is 17.5 Å². The molecule has 0 fully saturated rings. The van der Waals surface area contributed by atoms with Crippen LogP contribution in [0.25, 0.3) is 0 Å². The number of methoxy groups -OCH3 is 1. The summed E-state index contributed by atoms with van der Waals surface area (Å²) in [6, 6.07) is 7.05. The molecule has 0 saturated heterocycles. The van der Waals surface area contributed by atoms with E-state index in [9.17, 15) is 9.59 Å². The van der Waals surface area contributed by atoms with Gasteiger partial charge in [-0.25, -0.2) is 0 Å². The second-order valence-corrected chi connectivity index (χ2v) is 5.12. The molecule has 1 rings (SSSR count). The summed E-state index contributed by atoms with van der Waals surface area (Å²) >= 11 is 0. The normalized spacial score (nSPS) is 10.2. The van der Waals surface area contributed by atoms with Gasteiger partial charge in [-0.3, -0.25) is 9.59 Å². The number of carbonyl (C=O) groups excluding carboxylic acids is 2. The fourth-order valence-electron chi connectivity index (χ4n) is 1.68. The number of nitrogens with one attached hydrogen (secondary N) is 1. The quantitative estimate of drug-likeness (QED) is 0.867. The zero-order chi connectivity index (χ0) is 15.1. The smallest absolute Gasteiger partial charge is 0.243 e. The minimum Gasteiger partial charge on any atom is -0.497 e. The summed E-state index contributed by atoms with van der Waals surface area (Å²) in [6.07, 6.45) is 0.451. The van der Waals surface area contributed by atoms with E-state index in [0.717, 1.165) is 5.75 Å². The highest BCUT2D eigenvalue weighted by molar-refractivity contribution is 5.94. The predicted molar refractivity (Wildman–Crippen MR) is 78.7 cm³/mol. The van der Waals surface area contributed by atoms with Crippen LogP contribution in [0.2, 0.25) is 0 Å². The van der Waals surface area contributed by atoms with Crippen LogP contribution in [0.5, 0.6) is 5.75 Å². The summed E-state index contributed by atoms with van der Waals surface area (Å²) in [4.78, 5) is 25.0. The number of hydrogen-bond donors (Lipinski definition) is 1. The number of amides is 2. The van der Waals surface area contributed by atoms with Gasteiger partial charge in [0.15, 0.2) is 0 Å². The van der Waals surface area contributed by atoms with Crippen LogP contribution >= 0.6 is 0 Å². The lowest BCUT2D eigenvalue weighted by molar-refractivity contribution is -0.133. The van der Waals surface area contributed by atoms with Crippen LogP contribution in [0.15, 0.2) is 24.3 Å². The minimum atomic E-state index is -0.213. The number of carbonyl (C=O) groups is 2. The van der Waals surface area contributed by atoms with E-state index in [1.165, 1.54) is 4.90 Å². The Hall–Kier alpha value is -2.04. The summed E-state index contributed by atoms with van der Waals surface area (Å²) in [5.41, 5.74) is 0.681. The fourth-order valence-corrected chi connectivity index (χ4v) is 1.68. The first kappa shape index (κ1) is 16.0. The molecule has 0 unspecified atom stereocenters. The second kappa shape index (κ2) is 7.53. The van der Waals surface area contributed by atoms with Crippen molar-refractivity contribution in [3.8, 4) is 5.75 Å². The number of hydrogen-bond acceptors (Lipinski definition) is 3. The number of anilines is 1. The highest BCUT2D eigenvalue weighted by Crippen LogP contribution is 2.14. The molecule has 0 saturated carbocycles. The molecule has 5 heteroatoms. The van der Waals surface area contributed by atoms with Gasteiger partial charge in [-0.1, -0.05) is 13.8 Å². The zero-order valence-electron chi connectivity index (χ0n) is 12.5. The Morgan fingerprint density at radius 1 is 1.25 bits per heavy atom. The van der Waals surface area contributed by atoms with Crippen LogP contribution in [-0.4, -0.2) is 37.4 Å². The van der Waals surface area contributed by atoms with Gasteiger partial charge >= 0.3 is 0 Å². The van der Waals surface area contributed by atoms with Gasteiger partial charge in [-0.15, -0.1) is 0 Å². The van der Waals surface area contributed by atoms with E-state index >= 15 is 0 Å². The highest BCUT2D eigenvalue weighted by Gasteiger charge is 2.14. The van der Waals surface area contributed by atoms with Crippen LogP contribution in [0.1, 0.15) is 20.3 Å². The lowest BCUT2D eigenvalue weighted by Crippen LogP contribution is -2.35. The van der Waals surface area contributed by atoms with Crippen molar-refractivity contribution in [3.63, 3.8) is 0 Å². The Kier molecular flexibility index (Phi) is 6.03. The van der Waals surface area contributed by atoms with Crippen molar-refractivity contribution in [2.24, 2.45) is 5.92 Å². The SMILES string of the molecule is COc1ccc(NC(=O)CN(C)C(=O)CC(C)C)cc1. The van der Waals surface area contributed by atoms with Gasteiger partial charge in [-0.05, 0) is 30.2 Å². The average Bonchev–Trinajstić information content (AvgIpc) is 2.38. The number of nitrogens with zero attached hydrogens (tertiary/aromatic N) is 1. The molecule has 5 nitrogen and oxygen atoms in total. The molecule has 2 amide bonds. The topological polar surface area (TPSA) is 58.6 Å². The van der Waals surface area contributed by atoms with Crippen molar-refractivity contribution in [2.75, 3.05) is 26.0 Å². The molecule has 1 aromatic rings. The molecule has 0 aromatic heterocycles. The van der Waals surface area contributed by atoms with E-state index in [1.807, 2.05) is 13.8 Å². The molecule has 1 aromatic carbocycles. The maximum Gasteiger partial charge on any atom is 0.243 e. The van der Waals surface area contributed by atoms with Gasteiger partial charge in [0.25, 0.3) is 0 Å². The Balaban J connectivity index is 2.48. The fraction of sp³-hybridized carbons (Fsp3) is 0.467. The molecule has 110 valence electrons. The first-order valence-electron chi connectivity index (χ1n) is 6.60. The third-order valence-corrected chi connectivity index (χ3v) is 2.76. The van der Waals surface area contributed by atoms with E-state index in [-0.39, 0.29) is 24.3 Å². The summed E-state index contributed by atoms with van der Waals surface area (Å²) < 4.78 is 5.04. The maximum atomic E-state index is 11.8. The predicted octanol–water partition coefficient (Wildman–Crippen LogP) is 2.14. The molecule has 0 heterocycles. The van der Waals surface area contributed by atoms with Crippen molar-refractivity contribution in [3.05, 3.63) is 24.3 Å². The standard InChI is InChI=1S/C15H22N2O3/c1-11(2)9-15(19)17(3)10-14(18)16-12-5-7-13(20-4)8-6-12/h5-8,11H,9-10H2,1-4H3,(H,16,18). The van der Waals surface area contributed by atoms with Crippen molar-refractivity contribution in [1.29, 1.82) is 0 Å². The molecular weight excluding hydrogens is 256 g/mol. The monoisotopic (exact) mass is 278 g/mol.